The summed E-state index contributed by atoms with van der Waals surface area (Å²) < 4.78 is 1.70. The molecular weight excluding hydrogens is 232 g/mol. The Balaban J connectivity index is 2.65. The number of aromatic nitrogens is 3. The van der Waals surface area contributed by atoms with E-state index in [0.29, 0.717) is 10.3 Å². The maximum absolute atomic E-state index is 11.1. The van der Waals surface area contributed by atoms with Crippen LogP contribution in [0, 0.1) is 6.92 Å². The summed E-state index contributed by atoms with van der Waals surface area (Å²) in [5.74, 6) is -1.73. The van der Waals surface area contributed by atoms with Crippen molar-refractivity contribution >= 4 is 33.6 Å². The molecular formula is C8H8N4O3S. The summed E-state index contributed by atoms with van der Waals surface area (Å²) in [4.78, 5) is 25.8. The number of primary amides is 1. The van der Waals surface area contributed by atoms with E-state index in [9.17, 15) is 9.59 Å². The normalized spacial score (nSPS) is 10.8. The van der Waals surface area contributed by atoms with Crippen LogP contribution in [-0.4, -0.2) is 31.7 Å². The van der Waals surface area contributed by atoms with E-state index < -0.39 is 11.9 Å². The fraction of sp³-hybridized carbons (Fsp3) is 0.250. The number of hydrogen-bond acceptors (Lipinski definition) is 5. The van der Waals surface area contributed by atoms with E-state index in [0.717, 1.165) is 5.01 Å². The van der Waals surface area contributed by atoms with Gasteiger partial charge in [0.05, 0.1) is 5.01 Å². The van der Waals surface area contributed by atoms with Crippen LogP contribution in [0.2, 0.25) is 0 Å². The first kappa shape index (κ1) is 10.6. The Hall–Kier alpha value is -1.96. The van der Waals surface area contributed by atoms with Gasteiger partial charge in [0.1, 0.15) is 11.2 Å². The summed E-state index contributed by atoms with van der Waals surface area (Å²) in [7, 11) is 0. The molecule has 0 bridgehead atoms. The molecule has 0 aliphatic heterocycles. The van der Waals surface area contributed by atoms with Crippen molar-refractivity contribution in [1.29, 1.82) is 0 Å². The molecule has 0 fully saturated rings. The van der Waals surface area contributed by atoms with E-state index in [2.05, 4.69) is 10.1 Å². The molecule has 2 heterocycles. The van der Waals surface area contributed by atoms with Crippen molar-refractivity contribution < 1.29 is 14.7 Å². The number of carbonyl (C=O) groups excluding carboxylic acids is 1. The van der Waals surface area contributed by atoms with Crippen molar-refractivity contribution in [3.05, 3.63) is 10.7 Å². The van der Waals surface area contributed by atoms with E-state index in [-0.39, 0.29) is 12.2 Å². The number of carboxylic acid groups (broad SMARTS) is 1. The topological polar surface area (TPSA) is 111 Å². The highest BCUT2D eigenvalue weighted by atomic mass is 32.1. The molecule has 0 aliphatic carbocycles. The first-order valence-electron chi connectivity index (χ1n) is 4.34. The standard InChI is InChI=1S/C8H8N4O3S/c1-3-10-8-6(16-3)5(7(9)15)11-12(8)2-4(13)14/h2H2,1H3,(H2,9,15)(H,13,14). The number of nitrogens with zero attached hydrogens (tertiary/aromatic N) is 3. The molecule has 2 aromatic rings. The molecule has 2 rings (SSSR count). The molecule has 16 heavy (non-hydrogen) atoms. The average molecular weight is 240 g/mol. The van der Waals surface area contributed by atoms with Gasteiger partial charge in [-0.1, -0.05) is 0 Å². The van der Waals surface area contributed by atoms with Crippen molar-refractivity contribution in [2.45, 2.75) is 13.5 Å². The third-order valence-electron chi connectivity index (χ3n) is 1.91. The Morgan fingerprint density at radius 1 is 1.56 bits per heavy atom. The third-order valence-corrected chi connectivity index (χ3v) is 2.88. The van der Waals surface area contributed by atoms with E-state index >= 15 is 0 Å². The van der Waals surface area contributed by atoms with Gasteiger partial charge in [-0.3, -0.25) is 9.59 Å². The predicted octanol–water partition coefficient (Wildman–Crippen LogP) is -0.0153. The minimum absolute atomic E-state index is 0.0712. The SMILES string of the molecule is Cc1nc2c(s1)c(C(N)=O)nn2CC(=O)O. The lowest BCUT2D eigenvalue weighted by molar-refractivity contribution is -0.137. The van der Waals surface area contributed by atoms with Gasteiger partial charge in [0.25, 0.3) is 5.91 Å². The molecule has 8 heteroatoms. The lowest BCUT2D eigenvalue weighted by atomic mass is 10.4. The zero-order valence-electron chi connectivity index (χ0n) is 8.30. The van der Waals surface area contributed by atoms with Crippen molar-refractivity contribution in [2.24, 2.45) is 5.73 Å². The largest absolute Gasteiger partial charge is 0.480 e. The van der Waals surface area contributed by atoms with Gasteiger partial charge in [0.2, 0.25) is 0 Å². The smallest absolute Gasteiger partial charge is 0.325 e. The average Bonchev–Trinajstić information content (AvgIpc) is 2.64. The first-order chi connectivity index (χ1) is 7.49. The predicted molar refractivity (Wildman–Crippen MR) is 56.3 cm³/mol. The summed E-state index contributed by atoms with van der Waals surface area (Å²) >= 11 is 1.27. The molecule has 0 aromatic carbocycles. The third kappa shape index (κ3) is 1.63. The van der Waals surface area contributed by atoms with Crippen molar-refractivity contribution in [2.75, 3.05) is 0 Å². The fourth-order valence-corrected chi connectivity index (χ4v) is 2.27. The Morgan fingerprint density at radius 2 is 2.25 bits per heavy atom. The highest BCUT2D eigenvalue weighted by Crippen LogP contribution is 2.24. The van der Waals surface area contributed by atoms with Gasteiger partial charge >= 0.3 is 5.97 Å². The van der Waals surface area contributed by atoms with Crippen LogP contribution in [0.4, 0.5) is 0 Å². The van der Waals surface area contributed by atoms with Crippen LogP contribution in [-0.2, 0) is 11.3 Å². The van der Waals surface area contributed by atoms with Gasteiger partial charge in [0.15, 0.2) is 11.3 Å². The van der Waals surface area contributed by atoms with Crippen LogP contribution < -0.4 is 5.73 Å². The summed E-state index contributed by atoms with van der Waals surface area (Å²) in [6.07, 6.45) is 0. The molecule has 0 radical (unpaired) electrons. The number of thiazole rings is 1. The zero-order chi connectivity index (χ0) is 11.9. The maximum atomic E-state index is 11.1. The second-order valence-corrected chi connectivity index (χ2v) is 4.35. The van der Waals surface area contributed by atoms with Gasteiger partial charge in [0, 0.05) is 0 Å². The molecule has 0 saturated heterocycles. The van der Waals surface area contributed by atoms with Crippen molar-refractivity contribution in [3.8, 4) is 0 Å². The summed E-state index contributed by atoms with van der Waals surface area (Å²) in [6, 6.07) is 0. The minimum Gasteiger partial charge on any atom is -0.480 e. The first-order valence-corrected chi connectivity index (χ1v) is 5.16. The van der Waals surface area contributed by atoms with E-state index in [1.807, 2.05) is 0 Å². The number of aliphatic carboxylic acids is 1. The molecule has 0 spiro atoms. The van der Waals surface area contributed by atoms with Gasteiger partial charge in [-0.15, -0.1) is 11.3 Å². The number of rotatable bonds is 3. The van der Waals surface area contributed by atoms with Crippen molar-refractivity contribution in [3.63, 3.8) is 0 Å². The number of fused-ring (bicyclic) bond motifs is 1. The lowest BCUT2D eigenvalue weighted by Crippen LogP contribution is -2.15. The molecule has 0 unspecified atom stereocenters. The van der Waals surface area contributed by atoms with E-state index in [4.69, 9.17) is 10.8 Å². The number of carbonyl (C=O) groups is 2. The number of aryl methyl sites for hydroxylation is 1. The molecule has 7 nitrogen and oxygen atoms in total. The highest BCUT2D eigenvalue weighted by Gasteiger charge is 2.19. The summed E-state index contributed by atoms with van der Waals surface area (Å²) in [5, 5.41) is 13.2. The number of carboxylic acids is 1. The van der Waals surface area contributed by atoms with Crippen LogP contribution in [0.5, 0.6) is 0 Å². The molecule has 0 atom stereocenters. The lowest BCUT2D eigenvalue weighted by Gasteiger charge is -1.95. The van der Waals surface area contributed by atoms with Crippen molar-refractivity contribution in [1.82, 2.24) is 14.8 Å². The summed E-state index contributed by atoms with van der Waals surface area (Å²) in [5.41, 5.74) is 5.61. The Kier molecular flexibility index (Phi) is 2.35. The van der Waals surface area contributed by atoms with Gasteiger partial charge in [-0.2, -0.15) is 5.10 Å². The molecule has 2 aromatic heterocycles. The van der Waals surface area contributed by atoms with Crippen LogP contribution in [0.15, 0.2) is 0 Å². The van der Waals surface area contributed by atoms with E-state index in [1.54, 1.807) is 6.92 Å². The summed E-state index contributed by atoms with van der Waals surface area (Å²) in [6.45, 7) is 1.42. The van der Waals surface area contributed by atoms with Crippen LogP contribution in [0.3, 0.4) is 0 Å². The molecule has 1 amide bonds. The van der Waals surface area contributed by atoms with Crippen LogP contribution in [0.1, 0.15) is 15.5 Å². The minimum atomic E-state index is -1.05. The molecule has 3 N–H and O–H groups in total. The Bertz CT molecular complexity index is 585. The molecule has 84 valence electrons. The van der Waals surface area contributed by atoms with Crippen LogP contribution in [0.25, 0.3) is 10.3 Å². The number of nitrogens with two attached hydrogens (primary N) is 1. The highest BCUT2D eigenvalue weighted by molar-refractivity contribution is 7.18. The quantitative estimate of drug-likeness (QED) is 0.783. The second-order valence-electron chi connectivity index (χ2n) is 3.15. The fourth-order valence-electron chi connectivity index (χ4n) is 1.36. The van der Waals surface area contributed by atoms with E-state index in [1.165, 1.54) is 16.0 Å². The Morgan fingerprint density at radius 3 is 2.81 bits per heavy atom. The van der Waals surface area contributed by atoms with Gasteiger partial charge in [-0.05, 0) is 6.92 Å². The molecule has 0 saturated carbocycles. The Labute approximate surface area is 93.5 Å². The molecule has 0 aliphatic rings. The number of hydrogen-bond donors (Lipinski definition) is 2. The zero-order valence-corrected chi connectivity index (χ0v) is 9.11. The van der Waals surface area contributed by atoms with Gasteiger partial charge < -0.3 is 10.8 Å². The maximum Gasteiger partial charge on any atom is 0.325 e. The van der Waals surface area contributed by atoms with Crippen LogP contribution >= 0.6 is 11.3 Å². The second kappa shape index (κ2) is 3.56. The van der Waals surface area contributed by atoms with Gasteiger partial charge in [-0.25, -0.2) is 9.67 Å². The number of amides is 1. The monoisotopic (exact) mass is 240 g/mol.